The highest BCUT2D eigenvalue weighted by Gasteiger charge is 2.17. The maximum Gasteiger partial charge on any atom is 0.177 e. The highest BCUT2D eigenvalue weighted by molar-refractivity contribution is 9.10. The third kappa shape index (κ3) is 4.16. The summed E-state index contributed by atoms with van der Waals surface area (Å²) in [6, 6.07) is 15.4. The Morgan fingerprint density at radius 1 is 1.24 bits per heavy atom. The molecule has 0 spiro atoms. The number of nitrogens with zero attached hydrogens (tertiary/aromatic N) is 1. The first-order valence-corrected chi connectivity index (χ1v) is 7.89. The predicted octanol–water partition coefficient (Wildman–Crippen LogP) is 4.98. The summed E-state index contributed by atoms with van der Waals surface area (Å²) in [5, 5.41) is 0.713. The van der Waals surface area contributed by atoms with Crippen molar-refractivity contribution in [3.8, 4) is 0 Å². The van der Waals surface area contributed by atoms with Gasteiger partial charge in [-0.25, -0.2) is 0 Å². The first-order valence-electron chi connectivity index (χ1n) is 6.72. The van der Waals surface area contributed by atoms with Crippen LogP contribution in [0, 0.1) is 0 Å². The van der Waals surface area contributed by atoms with Crippen LogP contribution in [0.4, 0.5) is 0 Å². The topological polar surface area (TPSA) is 20.3 Å². The van der Waals surface area contributed by atoms with Gasteiger partial charge in [0.15, 0.2) is 5.78 Å². The second-order valence-electron chi connectivity index (χ2n) is 5.05. The average Bonchev–Trinajstić information content (AvgIpc) is 2.46. The standard InChI is InChI=1S/C17H17BrClNO/c1-12(13-6-5-7-14(19)10-13)20(2)11-17(21)15-8-3-4-9-16(15)18/h3-10,12H,11H2,1-2H3. The molecule has 110 valence electrons. The van der Waals surface area contributed by atoms with E-state index in [1.54, 1.807) is 0 Å². The zero-order valence-corrected chi connectivity index (χ0v) is 14.4. The smallest absolute Gasteiger partial charge is 0.177 e. The lowest BCUT2D eigenvalue weighted by Crippen LogP contribution is -2.29. The molecule has 1 unspecified atom stereocenters. The van der Waals surface area contributed by atoms with Gasteiger partial charge in [-0.2, -0.15) is 0 Å². The van der Waals surface area contributed by atoms with Gasteiger partial charge in [0.1, 0.15) is 0 Å². The van der Waals surface area contributed by atoms with E-state index in [4.69, 9.17) is 11.6 Å². The number of hydrogen-bond acceptors (Lipinski definition) is 2. The van der Waals surface area contributed by atoms with Crippen LogP contribution in [0.5, 0.6) is 0 Å². The number of Topliss-reactive ketones (excluding diaryl/α,β-unsaturated/α-hetero) is 1. The summed E-state index contributed by atoms with van der Waals surface area (Å²) in [5.41, 5.74) is 1.81. The first-order chi connectivity index (χ1) is 9.99. The van der Waals surface area contributed by atoms with Crippen molar-refractivity contribution in [3.63, 3.8) is 0 Å². The van der Waals surface area contributed by atoms with Gasteiger partial charge in [0.25, 0.3) is 0 Å². The Labute approximate surface area is 138 Å². The van der Waals surface area contributed by atoms with Gasteiger partial charge in [-0.15, -0.1) is 0 Å². The van der Waals surface area contributed by atoms with Gasteiger partial charge >= 0.3 is 0 Å². The molecule has 2 aromatic carbocycles. The van der Waals surface area contributed by atoms with E-state index in [9.17, 15) is 4.79 Å². The fourth-order valence-corrected chi connectivity index (χ4v) is 2.86. The zero-order chi connectivity index (χ0) is 15.4. The Kier molecular flexibility index (Phi) is 5.57. The molecule has 0 heterocycles. The van der Waals surface area contributed by atoms with Crippen molar-refractivity contribution < 1.29 is 4.79 Å². The fraction of sp³-hybridized carbons (Fsp3) is 0.235. The van der Waals surface area contributed by atoms with E-state index in [1.807, 2.05) is 60.5 Å². The van der Waals surface area contributed by atoms with Crippen molar-refractivity contribution in [1.29, 1.82) is 0 Å². The largest absolute Gasteiger partial charge is 0.293 e. The Balaban J connectivity index is 2.09. The molecule has 0 bridgehead atoms. The van der Waals surface area contributed by atoms with Gasteiger partial charge in [-0.05, 0) is 37.7 Å². The Morgan fingerprint density at radius 3 is 2.62 bits per heavy atom. The van der Waals surface area contributed by atoms with Gasteiger partial charge in [-0.1, -0.05) is 57.9 Å². The van der Waals surface area contributed by atoms with Crippen LogP contribution in [-0.4, -0.2) is 24.3 Å². The number of rotatable bonds is 5. The van der Waals surface area contributed by atoms with Gasteiger partial charge in [0.05, 0.1) is 6.54 Å². The maximum absolute atomic E-state index is 12.4. The number of carbonyl (C=O) groups excluding carboxylic acids is 1. The molecule has 0 aromatic heterocycles. The summed E-state index contributed by atoms with van der Waals surface area (Å²) in [6.45, 7) is 2.43. The minimum absolute atomic E-state index is 0.0962. The third-order valence-corrected chi connectivity index (χ3v) is 4.49. The number of likely N-dealkylation sites (N-methyl/N-ethyl adjacent to an activating group) is 1. The van der Waals surface area contributed by atoms with Crippen molar-refractivity contribution >= 4 is 33.3 Å². The lowest BCUT2D eigenvalue weighted by atomic mass is 10.1. The highest BCUT2D eigenvalue weighted by Crippen LogP contribution is 2.23. The van der Waals surface area contributed by atoms with Crippen LogP contribution >= 0.6 is 27.5 Å². The zero-order valence-electron chi connectivity index (χ0n) is 12.0. The predicted molar refractivity (Wildman–Crippen MR) is 91.0 cm³/mol. The van der Waals surface area contributed by atoms with Gasteiger partial charge < -0.3 is 0 Å². The molecule has 2 aromatic rings. The van der Waals surface area contributed by atoms with Gasteiger partial charge in [0, 0.05) is 21.1 Å². The second kappa shape index (κ2) is 7.21. The number of ketones is 1. The van der Waals surface area contributed by atoms with E-state index >= 15 is 0 Å². The van der Waals surface area contributed by atoms with Gasteiger partial charge in [0.2, 0.25) is 0 Å². The molecule has 0 amide bonds. The molecule has 0 aliphatic heterocycles. The highest BCUT2D eigenvalue weighted by atomic mass is 79.9. The van der Waals surface area contributed by atoms with Crippen LogP contribution < -0.4 is 0 Å². The molecule has 1 atom stereocenters. The van der Waals surface area contributed by atoms with Crippen LogP contribution in [0.1, 0.15) is 28.9 Å². The minimum atomic E-state index is 0.0962. The molecule has 0 fully saturated rings. The molecule has 0 radical (unpaired) electrons. The van der Waals surface area contributed by atoms with E-state index in [-0.39, 0.29) is 11.8 Å². The number of halogens is 2. The van der Waals surface area contributed by atoms with Crippen LogP contribution in [0.3, 0.4) is 0 Å². The number of benzene rings is 2. The minimum Gasteiger partial charge on any atom is -0.293 e. The third-order valence-electron chi connectivity index (χ3n) is 3.56. The van der Waals surface area contributed by atoms with Crippen LogP contribution in [0.15, 0.2) is 53.0 Å². The quantitative estimate of drug-likeness (QED) is 0.696. The normalized spacial score (nSPS) is 12.4. The molecule has 0 aliphatic rings. The van der Waals surface area contributed by atoms with Crippen molar-refractivity contribution in [2.75, 3.05) is 13.6 Å². The molecule has 4 heteroatoms. The molecule has 0 N–H and O–H groups in total. The molecular formula is C17H17BrClNO. The van der Waals surface area contributed by atoms with Crippen molar-refractivity contribution in [2.24, 2.45) is 0 Å². The van der Waals surface area contributed by atoms with Crippen molar-refractivity contribution in [1.82, 2.24) is 4.90 Å². The van der Waals surface area contributed by atoms with Crippen molar-refractivity contribution in [2.45, 2.75) is 13.0 Å². The Morgan fingerprint density at radius 2 is 1.95 bits per heavy atom. The molecule has 21 heavy (non-hydrogen) atoms. The van der Waals surface area contributed by atoms with Crippen molar-refractivity contribution in [3.05, 3.63) is 69.2 Å². The molecule has 0 saturated carbocycles. The van der Waals surface area contributed by atoms with Crippen LogP contribution in [-0.2, 0) is 0 Å². The van der Waals surface area contributed by atoms with E-state index in [1.165, 1.54) is 0 Å². The number of hydrogen-bond donors (Lipinski definition) is 0. The molecule has 2 nitrogen and oxygen atoms in total. The van der Waals surface area contributed by atoms with E-state index in [0.29, 0.717) is 17.1 Å². The molecule has 0 saturated heterocycles. The second-order valence-corrected chi connectivity index (χ2v) is 6.34. The Hall–Kier alpha value is -1.16. The summed E-state index contributed by atoms with van der Waals surface area (Å²) in [6.07, 6.45) is 0. The lowest BCUT2D eigenvalue weighted by Gasteiger charge is -2.24. The van der Waals surface area contributed by atoms with Gasteiger partial charge in [-0.3, -0.25) is 9.69 Å². The summed E-state index contributed by atoms with van der Waals surface area (Å²) in [7, 11) is 1.94. The molecule has 0 aliphatic carbocycles. The summed E-state index contributed by atoms with van der Waals surface area (Å²) >= 11 is 9.45. The van der Waals surface area contributed by atoms with Crippen LogP contribution in [0.25, 0.3) is 0 Å². The summed E-state index contributed by atoms with van der Waals surface area (Å²) < 4.78 is 0.832. The number of carbonyl (C=O) groups is 1. The summed E-state index contributed by atoms with van der Waals surface area (Å²) in [4.78, 5) is 14.4. The fourth-order valence-electron chi connectivity index (χ4n) is 2.16. The monoisotopic (exact) mass is 365 g/mol. The molecular weight excluding hydrogens is 350 g/mol. The average molecular weight is 367 g/mol. The summed E-state index contributed by atoms with van der Waals surface area (Å²) in [5.74, 6) is 0.0962. The molecule has 2 rings (SSSR count). The van der Waals surface area contributed by atoms with Crippen LogP contribution in [0.2, 0.25) is 5.02 Å². The van der Waals surface area contributed by atoms with E-state index < -0.39 is 0 Å². The first kappa shape index (κ1) is 16.2. The van der Waals surface area contributed by atoms with E-state index in [2.05, 4.69) is 22.9 Å². The SMILES string of the molecule is CC(c1cccc(Cl)c1)N(C)CC(=O)c1ccccc1Br. The Bertz CT molecular complexity index is 644. The van der Waals surface area contributed by atoms with E-state index in [0.717, 1.165) is 10.0 Å². The lowest BCUT2D eigenvalue weighted by molar-refractivity contribution is 0.0924. The maximum atomic E-state index is 12.4.